The number of hydrogen-bond acceptors (Lipinski definition) is 6. The van der Waals surface area contributed by atoms with Crippen molar-refractivity contribution in [1.82, 2.24) is 10.1 Å². The first kappa shape index (κ1) is 27.8. The first-order valence-electron chi connectivity index (χ1n) is 11.7. The molecule has 4 aromatic rings. The number of hydrazone groups is 1. The van der Waals surface area contributed by atoms with E-state index < -0.39 is 27.9 Å². The molecular formula is C28H24ClN3O6S. The number of furan rings is 1. The third-order valence-electron chi connectivity index (χ3n) is 5.71. The first-order chi connectivity index (χ1) is 18.6. The predicted molar refractivity (Wildman–Crippen MR) is 147 cm³/mol. The number of sulfonamides is 1. The molecule has 3 aromatic carbocycles. The number of carboxylic acids is 1. The van der Waals surface area contributed by atoms with Crippen LogP contribution < -0.4 is 10.1 Å². The van der Waals surface area contributed by atoms with Gasteiger partial charge in [0.15, 0.2) is 0 Å². The van der Waals surface area contributed by atoms with Crippen LogP contribution in [0.1, 0.15) is 39.7 Å². The molecule has 0 saturated carbocycles. The summed E-state index contributed by atoms with van der Waals surface area (Å²) in [5, 5.41) is 13.3. The van der Waals surface area contributed by atoms with Gasteiger partial charge in [-0.25, -0.2) is 23.4 Å². The van der Waals surface area contributed by atoms with Gasteiger partial charge in [0, 0.05) is 12.0 Å². The molecule has 1 amide bonds. The Balaban J connectivity index is 1.44. The van der Waals surface area contributed by atoms with E-state index in [4.69, 9.17) is 16.0 Å². The number of carbonyl (C=O) groups is 2. The van der Waals surface area contributed by atoms with E-state index in [0.717, 1.165) is 5.56 Å². The number of carbonyl (C=O) groups excluding carboxylic acids is 1. The smallest absolute Gasteiger partial charge is 0.337 e. The van der Waals surface area contributed by atoms with Gasteiger partial charge in [0.2, 0.25) is 15.9 Å². The highest BCUT2D eigenvalue weighted by Gasteiger charge is 2.23. The van der Waals surface area contributed by atoms with Crippen LogP contribution in [-0.4, -0.2) is 31.6 Å². The lowest BCUT2D eigenvalue weighted by Crippen LogP contribution is -2.32. The van der Waals surface area contributed by atoms with Crippen LogP contribution in [0.4, 0.5) is 0 Å². The summed E-state index contributed by atoms with van der Waals surface area (Å²) in [5.41, 5.74) is 4.38. The molecule has 0 aliphatic heterocycles. The second-order valence-corrected chi connectivity index (χ2v) is 10.7. The number of nitrogens with zero attached hydrogens (tertiary/aromatic N) is 1. The fourth-order valence-corrected chi connectivity index (χ4v) is 5.13. The van der Waals surface area contributed by atoms with Crippen LogP contribution >= 0.6 is 11.6 Å². The summed E-state index contributed by atoms with van der Waals surface area (Å²) in [6.07, 6.45) is 1.07. The van der Waals surface area contributed by atoms with E-state index in [1.54, 1.807) is 60.7 Å². The summed E-state index contributed by atoms with van der Waals surface area (Å²) in [6.45, 7) is 1.86. The van der Waals surface area contributed by atoms with Crippen LogP contribution in [-0.2, 0) is 14.8 Å². The monoisotopic (exact) mass is 565 g/mol. The van der Waals surface area contributed by atoms with Gasteiger partial charge >= 0.3 is 5.97 Å². The molecule has 3 N–H and O–H groups in total. The molecule has 0 saturated heterocycles. The van der Waals surface area contributed by atoms with Crippen molar-refractivity contribution >= 4 is 39.7 Å². The Morgan fingerprint density at radius 3 is 2.44 bits per heavy atom. The van der Waals surface area contributed by atoms with E-state index in [9.17, 15) is 23.1 Å². The highest BCUT2D eigenvalue weighted by molar-refractivity contribution is 7.89. The highest BCUT2D eigenvalue weighted by Crippen LogP contribution is 2.27. The third kappa shape index (κ3) is 7.20. The van der Waals surface area contributed by atoms with E-state index >= 15 is 0 Å². The van der Waals surface area contributed by atoms with Crippen molar-refractivity contribution in [2.24, 2.45) is 5.10 Å². The van der Waals surface area contributed by atoms with Crippen molar-refractivity contribution in [3.05, 3.63) is 112 Å². The molecule has 0 bridgehead atoms. The van der Waals surface area contributed by atoms with Crippen LogP contribution in [0.2, 0.25) is 5.02 Å². The Kier molecular flexibility index (Phi) is 8.60. The number of amides is 1. The summed E-state index contributed by atoms with van der Waals surface area (Å²) in [7, 11) is -3.90. The van der Waals surface area contributed by atoms with Gasteiger partial charge in [0.1, 0.15) is 11.5 Å². The number of rotatable bonds is 10. The molecule has 0 aliphatic rings. The Bertz CT molecular complexity index is 1620. The summed E-state index contributed by atoms with van der Waals surface area (Å²) in [4.78, 5) is 24.1. The number of benzene rings is 3. The lowest BCUT2D eigenvalue weighted by atomic mass is 10.0. The SMILES string of the molecule is Cc1ccc(S(=O)(=O)N[C@H](CC(=O)N/N=C\c2ccc(-c3ccc(Cl)c(C(=O)O)c3)o2)c2ccccc2)cc1. The minimum absolute atomic E-state index is 0.0565. The number of hydrogen-bond donors (Lipinski definition) is 3. The molecule has 0 aliphatic carbocycles. The molecule has 0 fully saturated rings. The van der Waals surface area contributed by atoms with E-state index in [1.807, 2.05) is 6.92 Å². The van der Waals surface area contributed by atoms with Crippen LogP contribution in [0.15, 0.2) is 99.3 Å². The molecule has 200 valence electrons. The van der Waals surface area contributed by atoms with Crippen molar-refractivity contribution < 1.29 is 27.5 Å². The molecule has 11 heteroatoms. The van der Waals surface area contributed by atoms with Gasteiger partial charge in [-0.1, -0.05) is 59.6 Å². The lowest BCUT2D eigenvalue weighted by molar-refractivity contribution is -0.121. The molecule has 1 atom stereocenters. The quantitative estimate of drug-likeness (QED) is 0.179. The summed E-state index contributed by atoms with van der Waals surface area (Å²) in [6, 6.07) is 22.1. The summed E-state index contributed by atoms with van der Waals surface area (Å²) >= 11 is 5.92. The average Bonchev–Trinajstić information content (AvgIpc) is 3.38. The van der Waals surface area contributed by atoms with Crippen LogP contribution in [0.5, 0.6) is 0 Å². The van der Waals surface area contributed by atoms with Crippen molar-refractivity contribution in [3.8, 4) is 11.3 Å². The standard InChI is InChI=1S/C28H24ClN3O6S/c1-18-7-11-22(12-8-18)39(36,37)32-25(19-5-3-2-4-6-19)16-27(33)31-30-17-21-10-14-26(38-21)20-9-13-24(29)23(15-20)28(34)35/h2-15,17,25,32H,16H2,1H3,(H,31,33)(H,34,35)/b30-17-/t25-/m1/s1. The number of aromatic carboxylic acids is 1. The number of halogens is 1. The second kappa shape index (κ2) is 12.1. The van der Waals surface area contributed by atoms with Gasteiger partial charge in [-0.05, 0) is 55.0 Å². The Hall–Kier alpha value is -4.25. The minimum Gasteiger partial charge on any atom is -0.478 e. The van der Waals surface area contributed by atoms with Gasteiger partial charge in [0.05, 0.1) is 27.7 Å². The zero-order chi connectivity index (χ0) is 28.0. The zero-order valence-corrected chi connectivity index (χ0v) is 22.2. The van der Waals surface area contributed by atoms with E-state index in [1.165, 1.54) is 30.5 Å². The number of nitrogens with one attached hydrogen (secondary N) is 2. The van der Waals surface area contributed by atoms with E-state index in [0.29, 0.717) is 22.6 Å². The van der Waals surface area contributed by atoms with Crippen LogP contribution in [0, 0.1) is 6.92 Å². The van der Waals surface area contributed by atoms with Crippen LogP contribution in [0.3, 0.4) is 0 Å². The van der Waals surface area contributed by atoms with Gasteiger partial charge in [-0.15, -0.1) is 0 Å². The fraction of sp³-hybridized carbons (Fsp3) is 0.107. The molecule has 4 rings (SSSR count). The van der Waals surface area contributed by atoms with Crippen molar-refractivity contribution in [2.45, 2.75) is 24.3 Å². The highest BCUT2D eigenvalue weighted by atomic mass is 35.5. The maximum atomic E-state index is 13.0. The predicted octanol–water partition coefficient (Wildman–Crippen LogP) is 5.17. The largest absolute Gasteiger partial charge is 0.478 e. The lowest BCUT2D eigenvalue weighted by Gasteiger charge is -2.18. The van der Waals surface area contributed by atoms with Crippen LogP contribution in [0.25, 0.3) is 11.3 Å². The van der Waals surface area contributed by atoms with Crippen molar-refractivity contribution in [1.29, 1.82) is 0 Å². The number of carboxylic acid groups (broad SMARTS) is 1. The minimum atomic E-state index is -3.90. The summed E-state index contributed by atoms with van der Waals surface area (Å²) in [5.74, 6) is -0.997. The molecular weight excluding hydrogens is 542 g/mol. The summed E-state index contributed by atoms with van der Waals surface area (Å²) < 4.78 is 34.2. The molecule has 0 radical (unpaired) electrons. The first-order valence-corrected chi connectivity index (χ1v) is 13.6. The average molecular weight is 566 g/mol. The number of aryl methyl sites for hydroxylation is 1. The molecule has 1 aromatic heterocycles. The van der Waals surface area contributed by atoms with E-state index in [2.05, 4.69) is 15.2 Å². The molecule has 9 nitrogen and oxygen atoms in total. The topological polar surface area (TPSA) is 138 Å². The Morgan fingerprint density at radius 1 is 1.03 bits per heavy atom. The third-order valence-corrected chi connectivity index (χ3v) is 7.53. The van der Waals surface area contributed by atoms with Gasteiger partial charge in [-0.2, -0.15) is 5.10 Å². The van der Waals surface area contributed by atoms with Gasteiger partial charge in [-0.3, -0.25) is 4.79 Å². The van der Waals surface area contributed by atoms with Crippen molar-refractivity contribution in [2.75, 3.05) is 0 Å². The Morgan fingerprint density at radius 2 is 1.74 bits per heavy atom. The van der Waals surface area contributed by atoms with E-state index in [-0.39, 0.29) is 21.9 Å². The molecule has 1 heterocycles. The zero-order valence-electron chi connectivity index (χ0n) is 20.7. The Labute approximate surface area is 230 Å². The normalized spacial score (nSPS) is 12.4. The molecule has 0 unspecified atom stereocenters. The second-order valence-electron chi connectivity index (χ2n) is 8.60. The van der Waals surface area contributed by atoms with Gasteiger partial charge < -0.3 is 9.52 Å². The maximum Gasteiger partial charge on any atom is 0.337 e. The van der Waals surface area contributed by atoms with Crippen molar-refractivity contribution in [3.63, 3.8) is 0 Å². The fourth-order valence-electron chi connectivity index (χ4n) is 3.70. The van der Waals surface area contributed by atoms with Gasteiger partial charge in [0.25, 0.3) is 0 Å². The molecule has 0 spiro atoms. The molecule has 39 heavy (non-hydrogen) atoms. The maximum absolute atomic E-state index is 13.0.